The van der Waals surface area contributed by atoms with Crippen LogP contribution in [0.5, 0.6) is 0 Å². The molecule has 3 aromatic heterocycles. The number of nitrogens with one attached hydrogen (secondary N) is 2. The highest BCUT2D eigenvalue weighted by Gasteiger charge is 2.23. The highest BCUT2D eigenvalue weighted by atomic mass is 14.8. The van der Waals surface area contributed by atoms with Crippen molar-refractivity contribution in [2.24, 2.45) is 0 Å². The lowest BCUT2D eigenvalue weighted by atomic mass is 9.97. The average Bonchev–Trinajstić information content (AvgIpc) is 3.70. The summed E-state index contributed by atoms with van der Waals surface area (Å²) in [6, 6.07) is 15.1. The van der Waals surface area contributed by atoms with Gasteiger partial charge in [-0.2, -0.15) is 0 Å². The number of nitrogens with zero attached hydrogens (tertiary/aromatic N) is 2. The molecule has 244 valence electrons. The molecule has 6 rings (SSSR count). The van der Waals surface area contributed by atoms with E-state index in [9.17, 15) is 0 Å². The summed E-state index contributed by atoms with van der Waals surface area (Å²) in [4.78, 5) is 18.5. The summed E-state index contributed by atoms with van der Waals surface area (Å²) in [5, 5.41) is 0. The first-order valence-corrected chi connectivity index (χ1v) is 17.6. The predicted octanol–water partition coefficient (Wildman–Crippen LogP) is 11.7. The van der Waals surface area contributed by atoms with E-state index in [-0.39, 0.29) is 0 Å². The smallest absolute Gasteiger partial charge is 0.0768 e. The molecule has 8 bridgehead atoms. The van der Waals surface area contributed by atoms with Crippen LogP contribution < -0.4 is 5.73 Å². The van der Waals surface area contributed by atoms with Crippen LogP contribution >= 0.6 is 0 Å². The van der Waals surface area contributed by atoms with E-state index in [0.717, 1.165) is 69.0 Å². The molecule has 0 unspecified atom stereocenters. The predicted molar refractivity (Wildman–Crippen MR) is 203 cm³/mol. The zero-order valence-corrected chi connectivity index (χ0v) is 29.7. The maximum atomic E-state index is 6.16. The fourth-order valence-electron chi connectivity index (χ4n) is 7.18. The van der Waals surface area contributed by atoms with Crippen molar-refractivity contribution in [3.05, 3.63) is 87.5 Å². The van der Waals surface area contributed by atoms with E-state index in [1.807, 2.05) is 12.1 Å². The van der Waals surface area contributed by atoms with Crippen molar-refractivity contribution < 1.29 is 0 Å². The number of hydrogen-bond acceptors (Lipinski definition) is 3. The van der Waals surface area contributed by atoms with Crippen LogP contribution in [-0.2, 0) is 6.42 Å². The number of unbranched alkanes of at least 4 members (excludes halogenated alkanes) is 4. The van der Waals surface area contributed by atoms with Crippen molar-refractivity contribution in [1.29, 1.82) is 0 Å². The highest BCUT2D eigenvalue weighted by molar-refractivity contribution is 6.01. The lowest BCUT2D eigenvalue weighted by Crippen LogP contribution is -1.90. The second kappa shape index (κ2) is 13.4. The van der Waals surface area contributed by atoms with Gasteiger partial charge in [-0.3, -0.25) is 0 Å². The summed E-state index contributed by atoms with van der Waals surface area (Å²) >= 11 is 0. The van der Waals surface area contributed by atoms with Gasteiger partial charge in [0.15, 0.2) is 0 Å². The summed E-state index contributed by atoms with van der Waals surface area (Å²) in [5.74, 6) is 0. The lowest BCUT2D eigenvalue weighted by Gasteiger charge is -2.08. The van der Waals surface area contributed by atoms with Gasteiger partial charge in [-0.25, -0.2) is 9.97 Å². The first kappa shape index (κ1) is 32.6. The minimum absolute atomic E-state index is 0.751. The number of fused-ring (bicyclic) bond motifs is 8. The molecular formula is C42H51N5. The van der Waals surface area contributed by atoms with Gasteiger partial charge in [-0.05, 0) is 148 Å². The molecule has 0 amide bonds. The van der Waals surface area contributed by atoms with Gasteiger partial charge in [-0.1, -0.05) is 51.7 Å². The molecule has 47 heavy (non-hydrogen) atoms. The molecular weight excluding hydrogens is 574 g/mol. The number of nitrogen functional groups attached to an aromatic ring is 1. The molecule has 0 fully saturated rings. The molecule has 0 radical (unpaired) electrons. The van der Waals surface area contributed by atoms with E-state index in [0.29, 0.717) is 0 Å². The Morgan fingerprint density at radius 2 is 1.26 bits per heavy atom. The van der Waals surface area contributed by atoms with Crippen LogP contribution in [0.3, 0.4) is 0 Å². The van der Waals surface area contributed by atoms with Gasteiger partial charge < -0.3 is 15.7 Å². The van der Waals surface area contributed by atoms with E-state index in [4.69, 9.17) is 15.7 Å². The fraction of sp³-hybridized carbons (Fsp3) is 0.381. The van der Waals surface area contributed by atoms with Crippen LogP contribution in [0.1, 0.15) is 125 Å². The number of aryl methyl sites for hydroxylation is 4. The molecule has 2 aliphatic heterocycles. The van der Waals surface area contributed by atoms with Crippen LogP contribution in [0.15, 0.2) is 42.5 Å². The Balaban J connectivity index is 1.77. The molecule has 0 atom stereocenters. The molecule has 4 N–H and O–H groups in total. The van der Waals surface area contributed by atoms with Crippen molar-refractivity contribution in [3.63, 3.8) is 0 Å². The summed E-state index contributed by atoms with van der Waals surface area (Å²) in [6.07, 6.45) is 9.30. The minimum atomic E-state index is 0.751. The zero-order chi connectivity index (χ0) is 33.4. The monoisotopic (exact) mass is 625 g/mol. The van der Waals surface area contributed by atoms with Gasteiger partial charge >= 0.3 is 0 Å². The summed E-state index contributed by atoms with van der Waals surface area (Å²) in [7, 11) is 0. The number of benzene rings is 1. The van der Waals surface area contributed by atoms with Crippen LogP contribution in [0.4, 0.5) is 5.69 Å². The Hall–Kier alpha value is -4.38. The van der Waals surface area contributed by atoms with Gasteiger partial charge in [0.2, 0.25) is 0 Å². The SMILES string of the molecule is CCCCCC1=C(C)c2cc3nc(c(-c4ccc(N)cc4)c4[nH]c(cc5[nH]c(cc1n2)c(CCCCC)c5C)c(C)c4C)C(C)=C3C. The fourth-order valence-corrected chi connectivity index (χ4v) is 7.18. The molecule has 2 aliphatic rings. The number of H-pyrrole nitrogens is 2. The van der Waals surface area contributed by atoms with Crippen LogP contribution in [0.2, 0.25) is 0 Å². The lowest BCUT2D eigenvalue weighted by molar-refractivity contribution is 0.718. The molecule has 0 aliphatic carbocycles. The number of nitrogens with two attached hydrogens (primary N) is 1. The Morgan fingerprint density at radius 1 is 0.596 bits per heavy atom. The summed E-state index contributed by atoms with van der Waals surface area (Å²) in [5.41, 5.74) is 28.0. The van der Waals surface area contributed by atoms with E-state index in [2.05, 4.69) is 95.7 Å². The van der Waals surface area contributed by atoms with Gasteiger partial charge in [0, 0.05) is 27.8 Å². The summed E-state index contributed by atoms with van der Waals surface area (Å²) in [6.45, 7) is 17.9. The normalized spacial score (nSPS) is 13.3. The first-order chi connectivity index (χ1) is 22.6. The maximum Gasteiger partial charge on any atom is 0.0768 e. The minimum Gasteiger partial charge on any atom is -0.399 e. The first-order valence-electron chi connectivity index (χ1n) is 17.6. The van der Waals surface area contributed by atoms with Crippen LogP contribution in [-0.4, -0.2) is 19.9 Å². The highest BCUT2D eigenvalue weighted by Crippen LogP contribution is 2.41. The van der Waals surface area contributed by atoms with Crippen LogP contribution in [0.25, 0.3) is 55.5 Å². The third-order valence-corrected chi connectivity index (χ3v) is 10.6. The quantitative estimate of drug-likeness (QED) is 0.128. The largest absolute Gasteiger partial charge is 0.399 e. The van der Waals surface area contributed by atoms with Crippen molar-refractivity contribution >= 4 is 50.0 Å². The van der Waals surface area contributed by atoms with Crippen molar-refractivity contribution in [2.75, 3.05) is 5.73 Å². The topological polar surface area (TPSA) is 83.4 Å². The molecule has 4 aromatic rings. The maximum absolute atomic E-state index is 6.16. The van der Waals surface area contributed by atoms with Gasteiger partial charge in [-0.15, -0.1) is 0 Å². The molecule has 0 saturated carbocycles. The summed E-state index contributed by atoms with van der Waals surface area (Å²) < 4.78 is 0. The van der Waals surface area contributed by atoms with Crippen molar-refractivity contribution in [2.45, 2.75) is 107 Å². The molecule has 5 heterocycles. The van der Waals surface area contributed by atoms with E-state index >= 15 is 0 Å². The number of allylic oxidation sites excluding steroid dienone is 4. The Kier molecular flexibility index (Phi) is 9.27. The van der Waals surface area contributed by atoms with Crippen LogP contribution in [0, 0.1) is 20.8 Å². The van der Waals surface area contributed by atoms with Gasteiger partial charge in [0.05, 0.1) is 28.3 Å². The van der Waals surface area contributed by atoms with Crippen molar-refractivity contribution in [3.8, 4) is 11.1 Å². The Labute approximate surface area is 280 Å². The zero-order valence-electron chi connectivity index (χ0n) is 29.7. The molecule has 5 nitrogen and oxygen atoms in total. The average molecular weight is 626 g/mol. The van der Waals surface area contributed by atoms with Crippen molar-refractivity contribution in [1.82, 2.24) is 19.9 Å². The van der Waals surface area contributed by atoms with E-state index in [1.165, 1.54) is 88.6 Å². The molecule has 5 heteroatoms. The Bertz CT molecular complexity index is 2060. The number of aromatic nitrogens is 4. The van der Waals surface area contributed by atoms with Gasteiger partial charge in [0.1, 0.15) is 0 Å². The Morgan fingerprint density at radius 3 is 1.96 bits per heavy atom. The second-order valence-corrected chi connectivity index (χ2v) is 13.6. The third-order valence-electron chi connectivity index (χ3n) is 10.6. The third kappa shape index (κ3) is 6.08. The second-order valence-electron chi connectivity index (χ2n) is 13.6. The van der Waals surface area contributed by atoms with E-state index < -0.39 is 0 Å². The number of anilines is 1. The molecule has 0 spiro atoms. The molecule has 0 saturated heterocycles. The molecule has 1 aromatic carbocycles. The number of hydrogen-bond donors (Lipinski definition) is 3. The van der Waals surface area contributed by atoms with Gasteiger partial charge in [0.25, 0.3) is 0 Å². The number of rotatable bonds is 9. The standard InChI is InChI=1S/C42H51N5/c1-9-11-13-15-32-28(7)36-21-34-24(3)26(5)41(46-34)40(30-17-19-31(43)20-18-30)42-27(6)25(4)35(47-42)22-37-29(8)33(16-14-12-10-2)39(45-37)23-38(32)44-36/h17-23,44,46H,9-16,43H2,1-8H3. The van der Waals surface area contributed by atoms with E-state index in [1.54, 1.807) is 0 Å². The number of aromatic amines is 2.